The Balaban J connectivity index is 1.92. The molecule has 2 aromatic heterocycles. The van der Waals surface area contributed by atoms with Crippen molar-refractivity contribution in [2.75, 3.05) is 5.32 Å². The number of nitrogens with one attached hydrogen (secondary N) is 1. The van der Waals surface area contributed by atoms with Gasteiger partial charge in [-0.1, -0.05) is 41.9 Å². The number of carbonyl (C=O) groups is 1. The van der Waals surface area contributed by atoms with Crippen LogP contribution >= 0.6 is 11.6 Å². The van der Waals surface area contributed by atoms with Crippen LogP contribution in [0.5, 0.6) is 0 Å². The molecular formula is C18H17ClN4O. The van der Waals surface area contributed by atoms with E-state index in [9.17, 15) is 4.79 Å². The monoisotopic (exact) mass is 340 g/mol. The lowest BCUT2D eigenvalue weighted by Crippen LogP contribution is -2.09. The SMILES string of the molecule is Cc1nc2c(c(NC(=O)C=Cc3ccccc3)nn2C)c(C)c1Cl. The van der Waals surface area contributed by atoms with E-state index in [0.717, 1.165) is 22.2 Å². The summed E-state index contributed by atoms with van der Waals surface area (Å²) in [5, 5.41) is 8.51. The zero-order valence-electron chi connectivity index (χ0n) is 13.7. The van der Waals surface area contributed by atoms with Crippen LogP contribution < -0.4 is 5.32 Å². The molecule has 3 rings (SSSR count). The average molecular weight is 341 g/mol. The summed E-state index contributed by atoms with van der Waals surface area (Å²) < 4.78 is 1.64. The number of amides is 1. The molecule has 0 atom stereocenters. The lowest BCUT2D eigenvalue weighted by Gasteiger charge is -2.05. The number of carbonyl (C=O) groups excluding carboxylic acids is 1. The molecule has 0 spiro atoms. The van der Waals surface area contributed by atoms with Crippen molar-refractivity contribution >= 4 is 40.4 Å². The zero-order chi connectivity index (χ0) is 17.3. The van der Waals surface area contributed by atoms with Gasteiger partial charge in [-0.3, -0.25) is 4.79 Å². The first-order valence-electron chi connectivity index (χ1n) is 7.51. The van der Waals surface area contributed by atoms with Gasteiger partial charge in [0.05, 0.1) is 16.1 Å². The Bertz CT molecular complexity index is 945. The van der Waals surface area contributed by atoms with E-state index in [0.29, 0.717) is 16.5 Å². The summed E-state index contributed by atoms with van der Waals surface area (Å²) in [6.45, 7) is 3.75. The maximum atomic E-state index is 12.2. The van der Waals surface area contributed by atoms with E-state index < -0.39 is 0 Å². The smallest absolute Gasteiger partial charge is 0.249 e. The van der Waals surface area contributed by atoms with Crippen molar-refractivity contribution in [2.24, 2.45) is 7.05 Å². The Morgan fingerprint density at radius 3 is 2.67 bits per heavy atom. The summed E-state index contributed by atoms with van der Waals surface area (Å²) in [5.74, 6) is 0.206. The summed E-state index contributed by atoms with van der Waals surface area (Å²) in [4.78, 5) is 16.7. The van der Waals surface area contributed by atoms with Crippen LogP contribution in [0.3, 0.4) is 0 Å². The van der Waals surface area contributed by atoms with Crippen molar-refractivity contribution in [1.82, 2.24) is 14.8 Å². The molecular weight excluding hydrogens is 324 g/mol. The normalized spacial score (nSPS) is 11.3. The van der Waals surface area contributed by atoms with Crippen LogP contribution in [-0.2, 0) is 11.8 Å². The minimum Gasteiger partial charge on any atom is -0.305 e. The first-order chi connectivity index (χ1) is 11.5. The van der Waals surface area contributed by atoms with Crippen LogP contribution in [0.2, 0.25) is 5.02 Å². The first kappa shape index (κ1) is 16.2. The number of aromatic nitrogens is 3. The van der Waals surface area contributed by atoms with E-state index in [1.54, 1.807) is 17.8 Å². The van der Waals surface area contributed by atoms with Gasteiger partial charge in [0, 0.05) is 13.1 Å². The minimum atomic E-state index is -0.255. The predicted octanol–water partition coefficient (Wildman–Crippen LogP) is 3.89. The fourth-order valence-corrected chi connectivity index (χ4v) is 2.70. The summed E-state index contributed by atoms with van der Waals surface area (Å²) in [5.41, 5.74) is 3.24. The molecule has 0 aliphatic heterocycles. The van der Waals surface area contributed by atoms with Gasteiger partial charge in [-0.15, -0.1) is 0 Å². The number of benzene rings is 1. The fourth-order valence-electron chi connectivity index (χ4n) is 2.56. The van der Waals surface area contributed by atoms with Crippen LogP contribution in [0.1, 0.15) is 16.8 Å². The molecule has 1 amide bonds. The molecule has 0 saturated heterocycles. The highest BCUT2D eigenvalue weighted by Gasteiger charge is 2.17. The molecule has 122 valence electrons. The highest BCUT2D eigenvalue weighted by molar-refractivity contribution is 6.33. The number of hydrogen-bond donors (Lipinski definition) is 1. The van der Waals surface area contributed by atoms with E-state index >= 15 is 0 Å². The Kier molecular flexibility index (Phi) is 4.36. The molecule has 2 heterocycles. The quantitative estimate of drug-likeness (QED) is 0.736. The topological polar surface area (TPSA) is 59.8 Å². The van der Waals surface area contributed by atoms with E-state index in [1.807, 2.05) is 44.2 Å². The Hall–Kier alpha value is -2.66. The van der Waals surface area contributed by atoms with Crippen molar-refractivity contribution < 1.29 is 4.79 Å². The van der Waals surface area contributed by atoms with Crippen molar-refractivity contribution in [3.05, 3.63) is 58.3 Å². The van der Waals surface area contributed by atoms with Crippen LogP contribution in [0.25, 0.3) is 17.1 Å². The third-order valence-corrected chi connectivity index (χ3v) is 4.34. The van der Waals surface area contributed by atoms with Crippen LogP contribution in [-0.4, -0.2) is 20.7 Å². The summed E-state index contributed by atoms with van der Waals surface area (Å²) in [6.07, 6.45) is 3.23. The van der Waals surface area contributed by atoms with Gasteiger partial charge >= 0.3 is 0 Å². The third kappa shape index (κ3) is 3.03. The lowest BCUT2D eigenvalue weighted by molar-refractivity contribution is -0.111. The van der Waals surface area contributed by atoms with E-state index in [4.69, 9.17) is 11.6 Å². The van der Waals surface area contributed by atoms with Gasteiger partial charge in [-0.2, -0.15) is 5.10 Å². The fraction of sp³-hybridized carbons (Fsp3) is 0.167. The van der Waals surface area contributed by atoms with Crippen LogP contribution in [0, 0.1) is 13.8 Å². The largest absolute Gasteiger partial charge is 0.305 e. The Morgan fingerprint density at radius 2 is 1.96 bits per heavy atom. The standard InChI is InChI=1S/C18H17ClN4O/c1-11-15-17(22-23(3)18(15)20-12(2)16(11)19)21-14(24)10-9-13-7-5-4-6-8-13/h4-10H,1-3H3,(H,21,22,24). The van der Waals surface area contributed by atoms with Crippen LogP contribution in [0.4, 0.5) is 5.82 Å². The molecule has 1 N–H and O–H groups in total. The molecule has 0 fully saturated rings. The summed E-state index contributed by atoms with van der Waals surface area (Å²) in [6, 6.07) is 9.62. The second-order valence-electron chi connectivity index (χ2n) is 5.54. The number of fused-ring (bicyclic) bond motifs is 1. The predicted molar refractivity (Wildman–Crippen MR) is 97.1 cm³/mol. The molecule has 1 aromatic carbocycles. The van der Waals surface area contributed by atoms with E-state index in [2.05, 4.69) is 15.4 Å². The van der Waals surface area contributed by atoms with Gasteiger partial charge in [-0.05, 0) is 31.1 Å². The molecule has 0 saturated carbocycles. The molecule has 0 unspecified atom stereocenters. The molecule has 0 bridgehead atoms. The molecule has 0 aliphatic rings. The van der Waals surface area contributed by atoms with Crippen LogP contribution in [0.15, 0.2) is 36.4 Å². The maximum Gasteiger partial charge on any atom is 0.249 e. The van der Waals surface area contributed by atoms with Gasteiger partial charge in [0.2, 0.25) is 5.91 Å². The summed E-state index contributed by atoms with van der Waals surface area (Å²) >= 11 is 6.29. The zero-order valence-corrected chi connectivity index (χ0v) is 14.4. The van der Waals surface area contributed by atoms with Gasteiger partial charge in [0.15, 0.2) is 11.5 Å². The average Bonchev–Trinajstić information content (AvgIpc) is 2.87. The summed E-state index contributed by atoms with van der Waals surface area (Å²) in [7, 11) is 1.79. The van der Waals surface area contributed by atoms with Crippen molar-refractivity contribution in [3.8, 4) is 0 Å². The van der Waals surface area contributed by atoms with Gasteiger partial charge in [0.25, 0.3) is 0 Å². The number of pyridine rings is 1. The lowest BCUT2D eigenvalue weighted by atomic mass is 10.1. The molecule has 0 aliphatic carbocycles. The maximum absolute atomic E-state index is 12.2. The number of aryl methyl sites for hydroxylation is 3. The number of nitrogens with zero attached hydrogens (tertiary/aromatic N) is 3. The van der Waals surface area contributed by atoms with Crippen molar-refractivity contribution in [3.63, 3.8) is 0 Å². The first-order valence-corrected chi connectivity index (χ1v) is 7.88. The second kappa shape index (κ2) is 6.45. The number of rotatable bonds is 3. The Labute approximate surface area is 145 Å². The number of halogens is 1. The molecule has 24 heavy (non-hydrogen) atoms. The van der Waals surface area contributed by atoms with Crippen molar-refractivity contribution in [1.29, 1.82) is 0 Å². The van der Waals surface area contributed by atoms with E-state index in [1.165, 1.54) is 6.08 Å². The molecule has 0 radical (unpaired) electrons. The van der Waals surface area contributed by atoms with E-state index in [-0.39, 0.29) is 5.91 Å². The van der Waals surface area contributed by atoms with Gasteiger partial charge < -0.3 is 5.32 Å². The number of anilines is 1. The molecule has 5 nitrogen and oxygen atoms in total. The Morgan fingerprint density at radius 1 is 1.25 bits per heavy atom. The third-order valence-electron chi connectivity index (χ3n) is 3.78. The molecule has 6 heteroatoms. The van der Waals surface area contributed by atoms with Gasteiger partial charge in [0.1, 0.15) is 0 Å². The number of hydrogen-bond acceptors (Lipinski definition) is 3. The highest BCUT2D eigenvalue weighted by atomic mass is 35.5. The highest BCUT2D eigenvalue weighted by Crippen LogP contribution is 2.31. The minimum absolute atomic E-state index is 0.255. The second-order valence-corrected chi connectivity index (χ2v) is 5.92. The van der Waals surface area contributed by atoms with Gasteiger partial charge in [-0.25, -0.2) is 9.67 Å². The van der Waals surface area contributed by atoms with Crippen molar-refractivity contribution in [2.45, 2.75) is 13.8 Å². The molecule has 3 aromatic rings.